The maximum atomic E-state index is 17.5. The molecule has 1 saturated heterocycles. The van der Waals surface area contributed by atoms with Crippen LogP contribution in [0.2, 0.25) is 5.02 Å². The molecule has 2 aromatic heterocycles. The summed E-state index contributed by atoms with van der Waals surface area (Å²) < 4.78 is 49.6. The van der Waals surface area contributed by atoms with Crippen molar-refractivity contribution < 1.29 is 18.0 Å². The van der Waals surface area contributed by atoms with Crippen LogP contribution >= 0.6 is 11.6 Å². The minimum atomic E-state index is -1.09. The van der Waals surface area contributed by atoms with E-state index < -0.39 is 34.3 Å². The van der Waals surface area contributed by atoms with Crippen molar-refractivity contribution in [1.82, 2.24) is 24.4 Å². The van der Waals surface area contributed by atoms with Crippen molar-refractivity contribution >= 4 is 39.9 Å². The molecule has 0 N–H and O–H groups in total. The molecular formula is C34H35ClF3N7O2. The SMILES string of the molecule is C=CC(=O)N1CCN2c3nc(=O)n(-c4c(C(C)C)ncnc4C(C)C)c4c(F)c(-c5c(F)cccc5F)c(Cl)c(c34)N(C)CCC2C1. The molecule has 2 aliphatic rings. The number of amides is 1. The van der Waals surface area contributed by atoms with Gasteiger partial charge in [0.25, 0.3) is 0 Å². The van der Waals surface area contributed by atoms with Crippen LogP contribution in [-0.4, -0.2) is 69.6 Å². The van der Waals surface area contributed by atoms with Gasteiger partial charge in [0.15, 0.2) is 5.82 Å². The van der Waals surface area contributed by atoms with E-state index in [1.807, 2.05) is 32.6 Å². The van der Waals surface area contributed by atoms with Crippen LogP contribution in [0.4, 0.5) is 24.7 Å². The van der Waals surface area contributed by atoms with Gasteiger partial charge < -0.3 is 14.7 Å². The molecule has 0 bridgehead atoms. The number of halogens is 4. The van der Waals surface area contributed by atoms with Gasteiger partial charge in [-0.15, -0.1) is 0 Å². The third-order valence-electron chi connectivity index (χ3n) is 9.00. The second-order valence-corrected chi connectivity index (χ2v) is 13.0. The summed E-state index contributed by atoms with van der Waals surface area (Å²) in [6.07, 6.45) is 3.18. The van der Waals surface area contributed by atoms with Crippen molar-refractivity contribution in [2.75, 3.05) is 43.0 Å². The minimum Gasteiger partial charge on any atom is -0.373 e. The quantitative estimate of drug-likeness (QED) is 0.235. The lowest BCUT2D eigenvalue weighted by Gasteiger charge is -2.44. The Morgan fingerprint density at radius 3 is 2.23 bits per heavy atom. The summed E-state index contributed by atoms with van der Waals surface area (Å²) >= 11 is 7.02. The van der Waals surface area contributed by atoms with E-state index in [4.69, 9.17) is 11.6 Å². The Morgan fingerprint density at radius 1 is 1.00 bits per heavy atom. The normalized spacial score (nSPS) is 16.5. The van der Waals surface area contributed by atoms with Crippen molar-refractivity contribution in [3.63, 3.8) is 0 Å². The number of carbonyl (C=O) groups is 1. The molecule has 0 spiro atoms. The molecule has 9 nitrogen and oxygen atoms in total. The highest BCUT2D eigenvalue weighted by atomic mass is 35.5. The van der Waals surface area contributed by atoms with E-state index in [2.05, 4.69) is 21.5 Å². The maximum absolute atomic E-state index is 17.5. The first-order valence-electron chi connectivity index (χ1n) is 15.5. The smallest absolute Gasteiger partial charge is 0.354 e. The summed E-state index contributed by atoms with van der Waals surface area (Å²) in [6, 6.07) is 2.97. The number of rotatable bonds is 5. The predicted molar refractivity (Wildman–Crippen MR) is 177 cm³/mol. The molecule has 6 rings (SSSR count). The highest BCUT2D eigenvalue weighted by Crippen LogP contribution is 2.49. The van der Waals surface area contributed by atoms with Gasteiger partial charge >= 0.3 is 5.69 Å². The number of benzene rings is 2. The molecular weight excluding hydrogens is 631 g/mol. The number of aromatic nitrogens is 4. The van der Waals surface area contributed by atoms with Crippen LogP contribution in [0.1, 0.15) is 57.3 Å². The van der Waals surface area contributed by atoms with Crippen molar-refractivity contribution in [3.05, 3.63) is 81.5 Å². The third-order valence-corrected chi connectivity index (χ3v) is 9.37. The monoisotopic (exact) mass is 665 g/mol. The first kappa shape index (κ1) is 32.5. The molecule has 2 aromatic carbocycles. The minimum absolute atomic E-state index is 0.175. The van der Waals surface area contributed by atoms with Crippen LogP contribution in [-0.2, 0) is 4.79 Å². The fraction of sp³-hybridized carbons (Fsp3) is 0.382. The third kappa shape index (κ3) is 5.22. The Morgan fingerprint density at radius 2 is 1.64 bits per heavy atom. The number of nitrogens with zero attached hydrogens (tertiary/aromatic N) is 7. The van der Waals surface area contributed by atoms with Crippen molar-refractivity contribution in [1.29, 1.82) is 0 Å². The largest absolute Gasteiger partial charge is 0.373 e. The molecule has 4 heterocycles. The summed E-state index contributed by atoms with van der Waals surface area (Å²) in [5.74, 6) is -3.58. The fourth-order valence-corrected chi connectivity index (χ4v) is 7.17. The second kappa shape index (κ2) is 12.3. The van der Waals surface area contributed by atoms with E-state index in [0.717, 1.165) is 16.7 Å². The number of hydrogen-bond donors (Lipinski definition) is 0. The molecule has 0 aliphatic carbocycles. The number of carbonyl (C=O) groups excluding carboxylic acids is 1. The van der Waals surface area contributed by atoms with Gasteiger partial charge in [0, 0.05) is 44.8 Å². The molecule has 47 heavy (non-hydrogen) atoms. The molecule has 1 unspecified atom stereocenters. The van der Waals surface area contributed by atoms with E-state index >= 15 is 13.2 Å². The topological polar surface area (TPSA) is 87.5 Å². The highest BCUT2D eigenvalue weighted by Gasteiger charge is 2.38. The number of anilines is 2. The molecule has 1 fully saturated rings. The van der Waals surface area contributed by atoms with Gasteiger partial charge in [0.2, 0.25) is 5.91 Å². The summed E-state index contributed by atoms with van der Waals surface area (Å²) in [4.78, 5) is 45.9. The summed E-state index contributed by atoms with van der Waals surface area (Å²) in [6.45, 7) is 12.5. The standard InChI is InChI=1S/C34H35ClF3N7O2/c1-7-22(46)43-13-14-44-19(15-43)11-12-42(6)30-25-31(27(38)24(26(30)35)23-20(36)9-8-10-21(23)37)45(34(47)41-33(25)44)32-28(17(2)3)39-16-40-29(32)18(4)5/h7-10,16-19H,1,11-15H2,2-6H3. The van der Waals surface area contributed by atoms with E-state index in [0.29, 0.717) is 44.0 Å². The lowest BCUT2D eigenvalue weighted by Crippen LogP contribution is -2.56. The van der Waals surface area contributed by atoms with Crippen molar-refractivity contribution in [2.45, 2.75) is 52.0 Å². The number of piperazine rings is 1. The number of hydrogen-bond acceptors (Lipinski definition) is 7. The zero-order valence-electron chi connectivity index (χ0n) is 26.8. The molecule has 0 radical (unpaired) electrons. The lowest BCUT2D eigenvalue weighted by molar-refractivity contribution is -0.126. The van der Waals surface area contributed by atoms with E-state index in [9.17, 15) is 9.59 Å². The Kier molecular flexibility index (Phi) is 8.50. The van der Waals surface area contributed by atoms with Gasteiger partial charge in [0.05, 0.1) is 38.7 Å². The number of fused-ring (bicyclic) bond motifs is 2. The maximum Gasteiger partial charge on any atom is 0.354 e. The Balaban J connectivity index is 1.82. The molecule has 0 saturated carbocycles. The first-order chi connectivity index (χ1) is 22.4. The lowest BCUT2D eigenvalue weighted by atomic mass is 9.96. The van der Waals surface area contributed by atoms with Crippen molar-refractivity contribution in [3.8, 4) is 16.8 Å². The van der Waals surface area contributed by atoms with Gasteiger partial charge in [0.1, 0.15) is 29.3 Å². The van der Waals surface area contributed by atoms with Crippen LogP contribution in [0.5, 0.6) is 0 Å². The summed E-state index contributed by atoms with van der Waals surface area (Å²) in [5, 5.41) is -0.0114. The molecule has 246 valence electrons. The zero-order chi connectivity index (χ0) is 33.9. The Hall–Kier alpha value is -4.45. The van der Waals surface area contributed by atoms with E-state index in [1.54, 1.807) is 16.8 Å². The average molecular weight is 666 g/mol. The molecule has 1 amide bonds. The fourth-order valence-electron chi connectivity index (χ4n) is 6.75. The zero-order valence-corrected chi connectivity index (χ0v) is 27.6. The van der Waals surface area contributed by atoms with Gasteiger partial charge in [-0.1, -0.05) is 51.9 Å². The molecule has 13 heteroatoms. The van der Waals surface area contributed by atoms with E-state index in [-0.39, 0.29) is 56.9 Å². The second-order valence-electron chi connectivity index (χ2n) is 12.6. The molecule has 2 aliphatic heterocycles. The van der Waals surface area contributed by atoms with Crippen LogP contribution < -0.4 is 15.5 Å². The van der Waals surface area contributed by atoms with Gasteiger partial charge in [-0.3, -0.25) is 9.36 Å². The highest BCUT2D eigenvalue weighted by molar-refractivity contribution is 6.38. The van der Waals surface area contributed by atoms with Gasteiger partial charge in [-0.05, 0) is 36.5 Å². The van der Waals surface area contributed by atoms with Crippen LogP contribution in [0.15, 0.2) is 42.0 Å². The molecule has 1 atom stereocenters. The van der Waals surface area contributed by atoms with Gasteiger partial charge in [-0.2, -0.15) is 4.98 Å². The predicted octanol–water partition coefficient (Wildman–Crippen LogP) is 6.20. The Labute approximate surface area is 275 Å². The Bertz CT molecular complexity index is 1950. The first-order valence-corrected chi connectivity index (χ1v) is 15.9. The van der Waals surface area contributed by atoms with Crippen molar-refractivity contribution in [2.24, 2.45) is 0 Å². The van der Waals surface area contributed by atoms with Gasteiger partial charge in [-0.25, -0.2) is 27.9 Å². The van der Waals surface area contributed by atoms with Crippen LogP contribution in [0.3, 0.4) is 0 Å². The van der Waals surface area contributed by atoms with E-state index in [1.165, 1.54) is 18.5 Å². The summed E-state index contributed by atoms with van der Waals surface area (Å²) in [5.41, 5.74) is -0.720. The molecule has 4 aromatic rings. The van der Waals surface area contributed by atoms with Crippen LogP contribution in [0.25, 0.3) is 27.7 Å². The van der Waals surface area contributed by atoms with Crippen LogP contribution in [0, 0.1) is 17.5 Å². The summed E-state index contributed by atoms with van der Waals surface area (Å²) in [7, 11) is 1.75. The average Bonchev–Trinajstić information content (AvgIpc) is 3.03.